The third-order valence-corrected chi connectivity index (χ3v) is 6.11. The molecule has 0 aliphatic rings. The van der Waals surface area contributed by atoms with Gasteiger partial charge in [-0.3, -0.25) is 0 Å². The lowest BCUT2D eigenvalue weighted by molar-refractivity contribution is -0.138. The van der Waals surface area contributed by atoms with Crippen molar-refractivity contribution in [3.63, 3.8) is 0 Å². The van der Waals surface area contributed by atoms with E-state index in [1.54, 1.807) is 22.9 Å². The third-order valence-electron chi connectivity index (χ3n) is 4.08. The Morgan fingerprint density at radius 3 is 2.80 bits per heavy atom. The Bertz CT molecular complexity index is 1020. The van der Waals surface area contributed by atoms with Crippen LogP contribution in [-0.2, 0) is 29.8 Å². The molecule has 0 bridgehead atoms. The normalized spacial score (nSPS) is 11.6. The number of thioether (sulfide) groups is 1. The molecule has 11 heteroatoms. The van der Waals surface area contributed by atoms with Gasteiger partial charge in [0.05, 0.1) is 43.0 Å². The van der Waals surface area contributed by atoms with Gasteiger partial charge in [0.15, 0.2) is 10.9 Å². The van der Waals surface area contributed by atoms with Crippen LogP contribution in [-0.4, -0.2) is 32.2 Å². The fourth-order valence-electron chi connectivity index (χ4n) is 2.71. The lowest BCUT2D eigenvalue weighted by Gasteiger charge is -2.15. The molecule has 3 rings (SSSR count). The zero-order valence-corrected chi connectivity index (χ0v) is 17.5. The third kappa shape index (κ3) is 5.21. The molecule has 0 saturated carbocycles. The molecule has 0 fully saturated rings. The minimum atomic E-state index is -4.48. The number of carbonyl (C=O) groups excluding carboxylic acids is 1. The highest BCUT2D eigenvalue weighted by atomic mass is 32.2. The molecule has 0 aliphatic carbocycles. The Morgan fingerprint density at radius 2 is 2.10 bits per heavy atom. The first kappa shape index (κ1) is 22.3. The molecule has 30 heavy (non-hydrogen) atoms. The number of ether oxygens (including phenoxy) is 1. The molecule has 3 aromatic rings. The highest BCUT2D eigenvalue weighted by Gasteiger charge is 2.33. The number of aromatic nitrogens is 3. The van der Waals surface area contributed by atoms with E-state index in [1.165, 1.54) is 41.4 Å². The average Bonchev–Trinajstić information content (AvgIpc) is 3.33. The van der Waals surface area contributed by atoms with Gasteiger partial charge in [-0.05, 0) is 18.6 Å². The van der Waals surface area contributed by atoms with Crippen LogP contribution >= 0.6 is 23.1 Å². The van der Waals surface area contributed by atoms with Crippen molar-refractivity contribution in [1.29, 1.82) is 0 Å². The molecule has 0 spiro atoms. The average molecular weight is 457 g/mol. The number of imidazole rings is 1. The molecule has 2 aromatic heterocycles. The van der Waals surface area contributed by atoms with E-state index in [2.05, 4.69) is 9.97 Å². The van der Waals surface area contributed by atoms with E-state index in [0.29, 0.717) is 21.6 Å². The summed E-state index contributed by atoms with van der Waals surface area (Å²) in [5.41, 5.74) is -0.0206. The Morgan fingerprint density at radius 1 is 1.33 bits per heavy atom. The standard InChI is InChI=1S/C19H18F3N3O3S2/c1-2-28-17(27)15-10-29-16(24-15)11-30-18-23-7-13(9-26)25(18)8-12-5-3-4-6-14(12)19(20,21)22/h3-7,10,26H,2,8-9,11H2,1H3. The zero-order valence-electron chi connectivity index (χ0n) is 15.8. The van der Waals surface area contributed by atoms with Gasteiger partial charge in [0.25, 0.3) is 0 Å². The number of carbonyl (C=O) groups is 1. The molecular formula is C19H18F3N3O3S2. The van der Waals surface area contributed by atoms with Gasteiger partial charge >= 0.3 is 12.1 Å². The topological polar surface area (TPSA) is 77.2 Å². The lowest BCUT2D eigenvalue weighted by Crippen LogP contribution is -2.13. The number of benzene rings is 1. The van der Waals surface area contributed by atoms with E-state index >= 15 is 0 Å². The Labute approximate surface area is 178 Å². The molecule has 0 radical (unpaired) electrons. The van der Waals surface area contributed by atoms with E-state index in [-0.39, 0.29) is 31.0 Å². The highest BCUT2D eigenvalue weighted by Crippen LogP contribution is 2.33. The maximum absolute atomic E-state index is 13.3. The summed E-state index contributed by atoms with van der Waals surface area (Å²) >= 11 is 2.55. The number of aliphatic hydroxyl groups excluding tert-OH is 1. The van der Waals surface area contributed by atoms with Crippen LogP contribution in [0.25, 0.3) is 0 Å². The lowest BCUT2D eigenvalue weighted by atomic mass is 10.1. The summed E-state index contributed by atoms with van der Waals surface area (Å²) in [6, 6.07) is 5.32. The maximum Gasteiger partial charge on any atom is 0.416 e. The predicted molar refractivity (Wildman–Crippen MR) is 106 cm³/mol. The Balaban J connectivity index is 1.79. The predicted octanol–water partition coefficient (Wildman–Crippen LogP) is 4.37. The smallest absolute Gasteiger partial charge is 0.416 e. The highest BCUT2D eigenvalue weighted by molar-refractivity contribution is 7.98. The van der Waals surface area contributed by atoms with Crippen molar-refractivity contribution < 1.29 is 27.8 Å². The number of hydrogen-bond donors (Lipinski definition) is 1. The molecule has 6 nitrogen and oxygen atoms in total. The molecule has 0 saturated heterocycles. The monoisotopic (exact) mass is 457 g/mol. The van der Waals surface area contributed by atoms with Crippen LogP contribution in [0, 0.1) is 0 Å². The number of nitrogens with zero attached hydrogens (tertiary/aromatic N) is 3. The van der Waals surface area contributed by atoms with Crippen molar-refractivity contribution in [2.45, 2.75) is 37.2 Å². The van der Waals surface area contributed by atoms with Crippen LogP contribution in [0.1, 0.15) is 39.2 Å². The maximum atomic E-state index is 13.3. The molecule has 2 heterocycles. The summed E-state index contributed by atoms with van der Waals surface area (Å²) in [6.45, 7) is 1.52. The van der Waals surface area contributed by atoms with Crippen molar-refractivity contribution >= 4 is 29.1 Å². The Kier molecular flexibility index (Phi) is 7.16. The number of rotatable bonds is 8. The van der Waals surface area contributed by atoms with E-state index in [0.717, 1.165) is 6.07 Å². The summed E-state index contributed by atoms with van der Waals surface area (Å²) in [7, 11) is 0. The quantitative estimate of drug-likeness (QED) is 0.400. The van der Waals surface area contributed by atoms with E-state index in [9.17, 15) is 23.1 Å². The second-order valence-corrected chi connectivity index (χ2v) is 7.95. The second-order valence-electron chi connectivity index (χ2n) is 6.07. The summed E-state index contributed by atoms with van der Waals surface area (Å²) < 4.78 is 46.4. The Hall–Kier alpha value is -2.37. The van der Waals surface area contributed by atoms with Crippen molar-refractivity contribution in [2.75, 3.05) is 6.61 Å². The largest absolute Gasteiger partial charge is 0.461 e. The minimum Gasteiger partial charge on any atom is -0.461 e. The zero-order chi connectivity index (χ0) is 21.7. The van der Waals surface area contributed by atoms with Crippen LogP contribution < -0.4 is 0 Å². The van der Waals surface area contributed by atoms with Crippen LogP contribution in [0.4, 0.5) is 13.2 Å². The van der Waals surface area contributed by atoms with Gasteiger partial charge < -0.3 is 14.4 Å². The fraction of sp³-hybridized carbons (Fsp3) is 0.316. The first-order chi connectivity index (χ1) is 14.3. The number of halogens is 3. The van der Waals surface area contributed by atoms with Gasteiger partial charge in [0.2, 0.25) is 0 Å². The molecular weight excluding hydrogens is 439 g/mol. The van der Waals surface area contributed by atoms with Crippen molar-refractivity contribution in [3.8, 4) is 0 Å². The number of thiazole rings is 1. The number of alkyl halides is 3. The van der Waals surface area contributed by atoms with Gasteiger partial charge in [-0.15, -0.1) is 11.3 Å². The van der Waals surface area contributed by atoms with Crippen LogP contribution in [0.5, 0.6) is 0 Å². The second kappa shape index (κ2) is 9.63. The van der Waals surface area contributed by atoms with E-state index < -0.39 is 17.7 Å². The van der Waals surface area contributed by atoms with Crippen molar-refractivity contribution in [2.24, 2.45) is 0 Å². The number of aliphatic hydroxyl groups is 1. The fourth-order valence-corrected chi connectivity index (χ4v) is 4.49. The summed E-state index contributed by atoms with van der Waals surface area (Å²) in [4.78, 5) is 20.2. The van der Waals surface area contributed by atoms with Gasteiger partial charge in [-0.1, -0.05) is 30.0 Å². The van der Waals surface area contributed by atoms with Crippen molar-refractivity contribution in [3.05, 3.63) is 63.4 Å². The summed E-state index contributed by atoms with van der Waals surface area (Å²) in [6.07, 6.45) is -3.04. The number of hydrogen-bond acceptors (Lipinski definition) is 7. The van der Waals surface area contributed by atoms with Crippen LogP contribution in [0.2, 0.25) is 0 Å². The molecule has 160 valence electrons. The van der Waals surface area contributed by atoms with Crippen LogP contribution in [0.15, 0.2) is 41.0 Å². The molecule has 0 aliphatic heterocycles. The molecule has 0 atom stereocenters. The molecule has 1 aromatic carbocycles. The first-order valence-electron chi connectivity index (χ1n) is 8.88. The summed E-state index contributed by atoms with van der Waals surface area (Å²) in [5, 5.41) is 12.3. The van der Waals surface area contributed by atoms with Crippen LogP contribution in [0.3, 0.4) is 0 Å². The minimum absolute atomic E-state index is 0.0818. The van der Waals surface area contributed by atoms with Gasteiger partial charge in [0.1, 0.15) is 5.01 Å². The molecule has 0 unspecified atom stereocenters. The van der Waals surface area contributed by atoms with Crippen molar-refractivity contribution in [1.82, 2.24) is 14.5 Å². The van der Waals surface area contributed by atoms with Gasteiger partial charge in [-0.2, -0.15) is 13.2 Å². The van der Waals surface area contributed by atoms with Gasteiger partial charge in [0, 0.05) is 5.38 Å². The first-order valence-corrected chi connectivity index (χ1v) is 10.7. The van der Waals surface area contributed by atoms with Gasteiger partial charge in [-0.25, -0.2) is 14.8 Å². The summed E-state index contributed by atoms with van der Waals surface area (Å²) in [5.74, 6) is -0.134. The molecule has 0 amide bonds. The molecule has 1 N–H and O–H groups in total. The SMILES string of the molecule is CCOC(=O)c1csc(CSc2ncc(CO)n2Cc2ccccc2C(F)(F)F)n1. The van der Waals surface area contributed by atoms with E-state index in [4.69, 9.17) is 4.74 Å². The van der Waals surface area contributed by atoms with E-state index in [1.807, 2.05) is 0 Å². The number of esters is 1.